The fourth-order valence-electron chi connectivity index (χ4n) is 6.45. The monoisotopic (exact) mass is 709 g/mol. The molecular weight excluding hydrogens is 624 g/mol. The molecule has 0 unspecified atom stereocenters. The van der Waals surface area contributed by atoms with Gasteiger partial charge in [0.15, 0.2) is 6.10 Å². The molecule has 6 heteroatoms. The lowest BCUT2D eigenvalue weighted by Crippen LogP contribution is -2.30. The molecule has 0 aromatic heterocycles. The average molecular weight is 709 g/mol. The standard InChI is InChI=1S/C44H84O6/c1-5-7-9-11-13-19-24-28-32-36-43(46)49-39-41(38-48-42(45)35-31-27-22-12-10-8-6-2)50-44(47)37-33-29-25-21-18-16-14-15-17-20-23-26-30-34-40(3)4/h40-41H,5-39H2,1-4H3/t41-/m0/s1. The first-order valence-electron chi connectivity index (χ1n) is 21.9. The van der Waals surface area contributed by atoms with Gasteiger partial charge in [0, 0.05) is 19.3 Å². The summed E-state index contributed by atoms with van der Waals surface area (Å²) in [4.78, 5) is 37.5. The third kappa shape index (κ3) is 37.7. The molecule has 6 nitrogen and oxygen atoms in total. The van der Waals surface area contributed by atoms with Gasteiger partial charge in [0.25, 0.3) is 0 Å². The summed E-state index contributed by atoms with van der Waals surface area (Å²) in [5.74, 6) is -0.0269. The summed E-state index contributed by atoms with van der Waals surface area (Å²) in [6.45, 7) is 8.94. The molecule has 0 saturated heterocycles. The van der Waals surface area contributed by atoms with Crippen LogP contribution in [0.15, 0.2) is 0 Å². The van der Waals surface area contributed by atoms with E-state index >= 15 is 0 Å². The SMILES string of the molecule is CCCCCCCCCCCC(=O)OC[C@H](COC(=O)CCCCCCCCC)OC(=O)CCCCCCCCCCCCCCCC(C)C. The zero-order chi connectivity index (χ0) is 36.8. The molecule has 0 aromatic carbocycles. The molecule has 0 radical (unpaired) electrons. The van der Waals surface area contributed by atoms with Crippen molar-refractivity contribution in [1.29, 1.82) is 0 Å². The quantitative estimate of drug-likeness (QED) is 0.0359. The number of rotatable bonds is 39. The van der Waals surface area contributed by atoms with Crippen molar-refractivity contribution >= 4 is 17.9 Å². The third-order valence-electron chi connectivity index (χ3n) is 9.79. The van der Waals surface area contributed by atoms with E-state index in [1.54, 1.807) is 0 Å². The minimum atomic E-state index is -0.757. The predicted octanol–water partition coefficient (Wildman–Crippen LogP) is 13.6. The molecule has 1 atom stereocenters. The van der Waals surface area contributed by atoms with E-state index < -0.39 is 6.10 Å². The van der Waals surface area contributed by atoms with Crippen LogP contribution in [0.3, 0.4) is 0 Å². The fraction of sp³-hybridized carbons (Fsp3) is 0.932. The number of unbranched alkanes of at least 4 members (excludes halogenated alkanes) is 26. The molecule has 0 bridgehead atoms. The van der Waals surface area contributed by atoms with Gasteiger partial charge in [-0.3, -0.25) is 14.4 Å². The summed E-state index contributed by atoms with van der Waals surface area (Å²) >= 11 is 0. The molecule has 0 rings (SSSR count). The normalized spacial score (nSPS) is 11.9. The molecule has 0 aromatic rings. The number of esters is 3. The highest BCUT2D eigenvalue weighted by Crippen LogP contribution is 2.16. The van der Waals surface area contributed by atoms with Crippen LogP contribution in [0, 0.1) is 5.92 Å². The molecule has 50 heavy (non-hydrogen) atoms. The second kappa shape index (κ2) is 38.6. The summed E-state index contributed by atoms with van der Waals surface area (Å²) in [5, 5.41) is 0. The van der Waals surface area contributed by atoms with Crippen LogP contribution in [0.25, 0.3) is 0 Å². The zero-order valence-electron chi connectivity index (χ0n) is 33.9. The summed E-state index contributed by atoms with van der Waals surface area (Å²) < 4.78 is 16.6. The van der Waals surface area contributed by atoms with Gasteiger partial charge in [-0.1, -0.05) is 201 Å². The second-order valence-electron chi connectivity index (χ2n) is 15.5. The van der Waals surface area contributed by atoms with E-state index in [1.165, 1.54) is 135 Å². The second-order valence-corrected chi connectivity index (χ2v) is 15.5. The summed E-state index contributed by atoms with van der Waals surface area (Å²) in [6.07, 6.45) is 36.7. The van der Waals surface area contributed by atoms with Gasteiger partial charge >= 0.3 is 17.9 Å². The van der Waals surface area contributed by atoms with Crippen LogP contribution in [0.4, 0.5) is 0 Å². The minimum Gasteiger partial charge on any atom is -0.462 e. The van der Waals surface area contributed by atoms with Crippen LogP contribution in [0.5, 0.6) is 0 Å². The third-order valence-corrected chi connectivity index (χ3v) is 9.79. The molecule has 0 aliphatic heterocycles. The van der Waals surface area contributed by atoms with Crippen molar-refractivity contribution in [3.05, 3.63) is 0 Å². The van der Waals surface area contributed by atoms with Crippen molar-refractivity contribution in [3.8, 4) is 0 Å². The Kier molecular flexibility index (Phi) is 37.4. The first kappa shape index (κ1) is 48.4. The molecule has 0 saturated carbocycles. The van der Waals surface area contributed by atoms with Crippen molar-refractivity contribution < 1.29 is 28.6 Å². The lowest BCUT2D eigenvalue weighted by Gasteiger charge is -2.18. The average Bonchev–Trinajstić information content (AvgIpc) is 3.09. The summed E-state index contributed by atoms with van der Waals surface area (Å²) in [5.41, 5.74) is 0. The smallest absolute Gasteiger partial charge is 0.306 e. The molecule has 296 valence electrons. The van der Waals surface area contributed by atoms with Crippen LogP contribution in [0.2, 0.25) is 0 Å². The van der Waals surface area contributed by atoms with Gasteiger partial charge in [-0.05, 0) is 25.2 Å². The lowest BCUT2D eigenvalue weighted by molar-refractivity contribution is -0.167. The van der Waals surface area contributed by atoms with Crippen LogP contribution in [-0.2, 0) is 28.6 Å². The van der Waals surface area contributed by atoms with Crippen molar-refractivity contribution in [2.75, 3.05) is 13.2 Å². The van der Waals surface area contributed by atoms with Gasteiger partial charge in [-0.25, -0.2) is 0 Å². The van der Waals surface area contributed by atoms with Crippen LogP contribution in [-0.4, -0.2) is 37.2 Å². The Hall–Kier alpha value is -1.59. The Morgan fingerprint density at radius 2 is 0.660 bits per heavy atom. The number of carbonyl (C=O) groups excluding carboxylic acids is 3. The van der Waals surface area contributed by atoms with Crippen LogP contribution < -0.4 is 0 Å². The molecule has 0 heterocycles. The number of hydrogen-bond donors (Lipinski definition) is 0. The minimum absolute atomic E-state index is 0.0646. The van der Waals surface area contributed by atoms with Gasteiger partial charge in [0.05, 0.1) is 0 Å². The van der Waals surface area contributed by atoms with Crippen LogP contribution in [0.1, 0.15) is 240 Å². The van der Waals surface area contributed by atoms with Crippen molar-refractivity contribution in [2.24, 2.45) is 5.92 Å². The lowest BCUT2D eigenvalue weighted by atomic mass is 10.0. The number of hydrogen-bond acceptors (Lipinski definition) is 6. The fourth-order valence-corrected chi connectivity index (χ4v) is 6.45. The predicted molar refractivity (Wildman–Crippen MR) is 210 cm³/mol. The number of carbonyl (C=O) groups is 3. The maximum Gasteiger partial charge on any atom is 0.306 e. The van der Waals surface area contributed by atoms with E-state index in [-0.39, 0.29) is 31.1 Å². The highest BCUT2D eigenvalue weighted by atomic mass is 16.6. The van der Waals surface area contributed by atoms with E-state index in [2.05, 4.69) is 27.7 Å². The summed E-state index contributed by atoms with van der Waals surface area (Å²) in [6, 6.07) is 0. The van der Waals surface area contributed by atoms with Gasteiger partial charge in [-0.15, -0.1) is 0 Å². The molecule has 0 amide bonds. The Bertz CT molecular complexity index is 751. The molecule has 0 aliphatic rings. The first-order valence-corrected chi connectivity index (χ1v) is 21.9. The summed E-state index contributed by atoms with van der Waals surface area (Å²) in [7, 11) is 0. The van der Waals surface area contributed by atoms with E-state index in [0.717, 1.165) is 63.7 Å². The Balaban J connectivity index is 4.24. The Labute approximate surface area is 310 Å². The van der Waals surface area contributed by atoms with Crippen molar-refractivity contribution in [1.82, 2.24) is 0 Å². The van der Waals surface area contributed by atoms with E-state index in [0.29, 0.717) is 19.3 Å². The largest absolute Gasteiger partial charge is 0.462 e. The van der Waals surface area contributed by atoms with E-state index in [9.17, 15) is 14.4 Å². The first-order chi connectivity index (χ1) is 24.4. The van der Waals surface area contributed by atoms with E-state index in [4.69, 9.17) is 14.2 Å². The molecular formula is C44H84O6. The molecule has 0 fully saturated rings. The number of ether oxygens (including phenoxy) is 3. The van der Waals surface area contributed by atoms with Gasteiger partial charge in [-0.2, -0.15) is 0 Å². The highest BCUT2D eigenvalue weighted by molar-refractivity contribution is 5.71. The molecule has 0 spiro atoms. The maximum atomic E-state index is 12.7. The Morgan fingerprint density at radius 3 is 0.980 bits per heavy atom. The van der Waals surface area contributed by atoms with Crippen LogP contribution >= 0.6 is 0 Å². The van der Waals surface area contributed by atoms with Crippen molar-refractivity contribution in [3.63, 3.8) is 0 Å². The maximum absolute atomic E-state index is 12.7. The topological polar surface area (TPSA) is 78.9 Å². The molecule has 0 aliphatic carbocycles. The Morgan fingerprint density at radius 1 is 0.380 bits per heavy atom. The van der Waals surface area contributed by atoms with Gasteiger partial charge in [0.1, 0.15) is 13.2 Å². The van der Waals surface area contributed by atoms with Gasteiger partial charge < -0.3 is 14.2 Å². The highest BCUT2D eigenvalue weighted by Gasteiger charge is 2.19. The molecule has 0 N–H and O–H groups in total. The van der Waals surface area contributed by atoms with E-state index in [1.807, 2.05) is 0 Å². The van der Waals surface area contributed by atoms with Gasteiger partial charge in [0.2, 0.25) is 0 Å². The zero-order valence-corrected chi connectivity index (χ0v) is 33.9. The van der Waals surface area contributed by atoms with Crippen molar-refractivity contribution in [2.45, 2.75) is 246 Å².